The number of ether oxygens (including phenoxy) is 1. The highest BCUT2D eigenvalue weighted by molar-refractivity contribution is 5.87. The van der Waals surface area contributed by atoms with Gasteiger partial charge < -0.3 is 10.1 Å². The van der Waals surface area contributed by atoms with Crippen LogP contribution in [0.15, 0.2) is 0 Å². The van der Waals surface area contributed by atoms with Gasteiger partial charge in [0.25, 0.3) is 0 Å². The second-order valence-corrected chi connectivity index (χ2v) is 4.88. The van der Waals surface area contributed by atoms with Crippen LogP contribution in [0.25, 0.3) is 0 Å². The van der Waals surface area contributed by atoms with Gasteiger partial charge in [0.2, 0.25) is 5.91 Å². The van der Waals surface area contributed by atoms with Crippen LogP contribution in [0.4, 0.5) is 0 Å². The number of carbonyl (C=O) groups is 2. The number of tetrazole rings is 1. The van der Waals surface area contributed by atoms with Crippen LogP contribution in [0.1, 0.15) is 25.6 Å². The normalized spacial score (nSPS) is 19.3. The average molecular weight is 296 g/mol. The molecular weight excluding hydrogens is 276 g/mol. The largest absolute Gasteiger partial charge is 0.469 e. The standard InChI is InChI=1S/C12H20N6O3/c1-3-5-18-10(14-15-16-18)8-17-6-4-13-12(20)9(17)7-11(19)21-2/h9H,3-8H2,1-2H3,(H,13,20). The predicted molar refractivity (Wildman–Crippen MR) is 71.9 cm³/mol. The van der Waals surface area contributed by atoms with Gasteiger partial charge >= 0.3 is 5.97 Å². The summed E-state index contributed by atoms with van der Waals surface area (Å²) in [4.78, 5) is 25.4. The summed E-state index contributed by atoms with van der Waals surface area (Å²) in [7, 11) is 1.31. The second kappa shape index (κ2) is 7.11. The molecule has 1 fully saturated rings. The smallest absolute Gasteiger partial charge is 0.307 e. The number of methoxy groups -OCH3 is 1. The van der Waals surface area contributed by atoms with Gasteiger partial charge in [-0.2, -0.15) is 0 Å². The van der Waals surface area contributed by atoms with Crippen molar-refractivity contribution in [3.8, 4) is 0 Å². The first-order chi connectivity index (χ1) is 10.2. The van der Waals surface area contributed by atoms with E-state index in [2.05, 4.69) is 25.6 Å². The zero-order valence-electron chi connectivity index (χ0n) is 12.3. The lowest BCUT2D eigenvalue weighted by molar-refractivity contribution is -0.146. The molecule has 1 amide bonds. The third kappa shape index (κ3) is 3.75. The zero-order valence-corrected chi connectivity index (χ0v) is 12.3. The number of hydrogen-bond donors (Lipinski definition) is 1. The molecule has 21 heavy (non-hydrogen) atoms. The van der Waals surface area contributed by atoms with Crippen molar-refractivity contribution in [1.82, 2.24) is 30.4 Å². The number of nitrogens with one attached hydrogen (secondary N) is 1. The molecule has 0 bridgehead atoms. The summed E-state index contributed by atoms with van der Waals surface area (Å²) in [6, 6.07) is -0.544. The fourth-order valence-corrected chi connectivity index (χ4v) is 2.32. The van der Waals surface area contributed by atoms with Crippen LogP contribution in [-0.2, 0) is 27.4 Å². The molecule has 1 saturated heterocycles. The lowest BCUT2D eigenvalue weighted by Gasteiger charge is -2.33. The number of hydrogen-bond acceptors (Lipinski definition) is 7. The number of aryl methyl sites for hydroxylation is 1. The summed E-state index contributed by atoms with van der Waals surface area (Å²) in [6.45, 7) is 4.39. The van der Waals surface area contributed by atoms with Gasteiger partial charge in [0, 0.05) is 19.6 Å². The number of amides is 1. The van der Waals surface area contributed by atoms with Gasteiger partial charge in [-0.3, -0.25) is 14.5 Å². The fraction of sp³-hybridized carbons (Fsp3) is 0.750. The van der Waals surface area contributed by atoms with Crippen molar-refractivity contribution < 1.29 is 14.3 Å². The minimum atomic E-state index is -0.544. The van der Waals surface area contributed by atoms with Gasteiger partial charge in [0.1, 0.15) is 6.04 Å². The summed E-state index contributed by atoms with van der Waals surface area (Å²) >= 11 is 0. The molecule has 2 heterocycles. The van der Waals surface area contributed by atoms with E-state index < -0.39 is 12.0 Å². The Kier molecular flexibility index (Phi) is 5.20. The van der Waals surface area contributed by atoms with E-state index in [0.717, 1.165) is 13.0 Å². The van der Waals surface area contributed by atoms with Crippen LogP contribution in [0.2, 0.25) is 0 Å². The molecule has 1 aliphatic heterocycles. The Balaban J connectivity index is 2.09. The third-order valence-electron chi connectivity index (χ3n) is 3.42. The number of esters is 1. The molecule has 0 aliphatic carbocycles. The molecule has 9 nitrogen and oxygen atoms in total. The minimum absolute atomic E-state index is 0.0255. The molecule has 1 N–H and O–H groups in total. The number of rotatable bonds is 6. The lowest BCUT2D eigenvalue weighted by atomic mass is 10.1. The van der Waals surface area contributed by atoms with Gasteiger partial charge in [-0.25, -0.2) is 4.68 Å². The van der Waals surface area contributed by atoms with Crippen molar-refractivity contribution in [2.24, 2.45) is 0 Å². The SMILES string of the molecule is CCCn1nnnc1CN1CCNC(=O)C1CC(=O)OC. The van der Waals surface area contributed by atoms with E-state index in [1.54, 1.807) is 4.68 Å². The first kappa shape index (κ1) is 15.4. The van der Waals surface area contributed by atoms with Crippen LogP contribution in [0.5, 0.6) is 0 Å². The Morgan fingerprint density at radius 1 is 1.52 bits per heavy atom. The molecule has 0 saturated carbocycles. The third-order valence-corrected chi connectivity index (χ3v) is 3.42. The van der Waals surface area contributed by atoms with Crippen LogP contribution in [-0.4, -0.2) is 63.2 Å². The lowest BCUT2D eigenvalue weighted by Crippen LogP contribution is -2.55. The first-order valence-corrected chi connectivity index (χ1v) is 6.99. The van der Waals surface area contributed by atoms with Crippen LogP contribution in [0, 0.1) is 0 Å². The van der Waals surface area contributed by atoms with Crippen molar-refractivity contribution in [3.05, 3.63) is 5.82 Å². The quantitative estimate of drug-likeness (QED) is 0.668. The van der Waals surface area contributed by atoms with Crippen molar-refractivity contribution in [3.63, 3.8) is 0 Å². The maximum absolute atomic E-state index is 12.0. The summed E-state index contributed by atoms with van der Waals surface area (Å²) in [5.41, 5.74) is 0. The van der Waals surface area contributed by atoms with Crippen LogP contribution < -0.4 is 5.32 Å². The molecule has 9 heteroatoms. The van der Waals surface area contributed by atoms with E-state index in [4.69, 9.17) is 0 Å². The van der Waals surface area contributed by atoms with Gasteiger partial charge in [0.15, 0.2) is 5.82 Å². The first-order valence-electron chi connectivity index (χ1n) is 6.99. The van der Waals surface area contributed by atoms with Gasteiger partial charge in [-0.15, -0.1) is 5.10 Å². The maximum atomic E-state index is 12.0. The maximum Gasteiger partial charge on any atom is 0.307 e. The predicted octanol–water partition coefficient (Wildman–Crippen LogP) is -1.05. The van der Waals surface area contributed by atoms with E-state index in [-0.39, 0.29) is 12.3 Å². The highest BCUT2D eigenvalue weighted by Gasteiger charge is 2.32. The Labute approximate surface area is 122 Å². The summed E-state index contributed by atoms with van der Waals surface area (Å²) in [5, 5.41) is 14.4. The van der Waals surface area contributed by atoms with Gasteiger partial charge in [-0.1, -0.05) is 6.92 Å². The molecule has 1 aromatic rings. The van der Waals surface area contributed by atoms with E-state index in [1.807, 2.05) is 11.8 Å². The van der Waals surface area contributed by atoms with Crippen molar-refractivity contribution in [2.45, 2.75) is 38.9 Å². The fourth-order valence-electron chi connectivity index (χ4n) is 2.32. The highest BCUT2D eigenvalue weighted by Crippen LogP contribution is 2.13. The Hall–Kier alpha value is -2.03. The number of piperazine rings is 1. The van der Waals surface area contributed by atoms with E-state index >= 15 is 0 Å². The Morgan fingerprint density at radius 3 is 3.05 bits per heavy atom. The molecule has 1 atom stereocenters. The molecule has 0 aromatic carbocycles. The van der Waals surface area contributed by atoms with Gasteiger partial charge in [-0.05, 0) is 16.8 Å². The van der Waals surface area contributed by atoms with E-state index in [1.165, 1.54) is 7.11 Å². The molecule has 2 rings (SSSR count). The molecule has 1 unspecified atom stereocenters. The molecule has 1 aliphatic rings. The molecule has 0 radical (unpaired) electrons. The summed E-state index contributed by atoms with van der Waals surface area (Å²) < 4.78 is 6.38. The summed E-state index contributed by atoms with van der Waals surface area (Å²) in [5.74, 6) is 0.123. The average Bonchev–Trinajstić information content (AvgIpc) is 2.90. The minimum Gasteiger partial charge on any atom is -0.469 e. The molecule has 116 valence electrons. The van der Waals surface area contributed by atoms with Gasteiger partial charge in [0.05, 0.1) is 20.1 Å². The molecule has 0 spiro atoms. The van der Waals surface area contributed by atoms with Crippen LogP contribution in [0.3, 0.4) is 0 Å². The zero-order chi connectivity index (χ0) is 15.2. The van der Waals surface area contributed by atoms with Crippen molar-refractivity contribution in [1.29, 1.82) is 0 Å². The van der Waals surface area contributed by atoms with Crippen LogP contribution >= 0.6 is 0 Å². The van der Waals surface area contributed by atoms with Crippen molar-refractivity contribution in [2.75, 3.05) is 20.2 Å². The van der Waals surface area contributed by atoms with E-state index in [9.17, 15) is 9.59 Å². The Bertz CT molecular complexity index is 503. The number of aromatic nitrogens is 4. The number of carbonyl (C=O) groups excluding carboxylic acids is 2. The molecule has 1 aromatic heterocycles. The second-order valence-electron chi connectivity index (χ2n) is 4.88. The number of nitrogens with zero attached hydrogens (tertiary/aromatic N) is 5. The monoisotopic (exact) mass is 296 g/mol. The van der Waals surface area contributed by atoms with Crippen molar-refractivity contribution >= 4 is 11.9 Å². The topological polar surface area (TPSA) is 102 Å². The Morgan fingerprint density at radius 2 is 2.33 bits per heavy atom. The van der Waals surface area contributed by atoms with E-state index in [0.29, 0.717) is 25.5 Å². The molecular formula is C12H20N6O3. The highest BCUT2D eigenvalue weighted by atomic mass is 16.5. The summed E-state index contributed by atoms with van der Waals surface area (Å²) in [6.07, 6.45) is 0.946.